The summed E-state index contributed by atoms with van der Waals surface area (Å²) in [5.74, 6) is -0.0433. The summed E-state index contributed by atoms with van der Waals surface area (Å²) in [6, 6.07) is 9.44. The van der Waals surface area contributed by atoms with Gasteiger partial charge in [-0.1, -0.05) is 18.2 Å². The molecule has 1 heterocycles. The van der Waals surface area contributed by atoms with Gasteiger partial charge in [0.2, 0.25) is 0 Å². The molecule has 1 aliphatic carbocycles. The first kappa shape index (κ1) is 12.0. The highest BCUT2D eigenvalue weighted by atomic mass is 16.6. The van der Waals surface area contributed by atoms with Crippen LogP contribution in [0.25, 0.3) is 0 Å². The third-order valence-corrected chi connectivity index (χ3v) is 4.23. The molecule has 19 heavy (non-hydrogen) atoms. The number of benzene rings is 1. The Hall–Kier alpha value is -2.08. The number of fused-ring (bicyclic) bond motifs is 1. The van der Waals surface area contributed by atoms with Crippen molar-refractivity contribution in [2.75, 3.05) is 0 Å². The van der Waals surface area contributed by atoms with Crippen LogP contribution in [-0.2, 0) is 15.1 Å². The summed E-state index contributed by atoms with van der Waals surface area (Å²) in [7, 11) is 0. The van der Waals surface area contributed by atoms with Gasteiger partial charge in [0.25, 0.3) is 0 Å². The van der Waals surface area contributed by atoms with Gasteiger partial charge in [-0.3, -0.25) is 0 Å². The Morgan fingerprint density at radius 1 is 1.37 bits per heavy atom. The highest BCUT2D eigenvalue weighted by Gasteiger charge is 2.50. The van der Waals surface area contributed by atoms with Gasteiger partial charge in [0, 0.05) is 11.5 Å². The molecule has 0 spiro atoms. The second-order valence-corrected chi connectivity index (χ2v) is 5.33. The first-order valence-electron chi connectivity index (χ1n) is 6.59. The molecule has 2 aliphatic rings. The second kappa shape index (κ2) is 4.24. The van der Waals surface area contributed by atoms with Crippen molar-refractivity contribution in [3.63, 3.8) is 0 Å². The molecule has 1 aromatic carbocycles. The number of rotatable bonds is 1. The highest BCUT2D eigenvalue weighted by molar-refractivity contribution is 5.92. The zero-order chi connectivity index (χ0) is 13.5. The van der Waals surface area contributed by atoms with Crippen LogP contribution in [0.3, 0.4) is 0 Å². The van der Waals surface area contributed by atoms with Gasteiger partial charge in [0.15, 0.2) is 0 Å². The van der Waals surface area contributed by atoms with Gasteiger partial charge in [0.1, 0.15) is 5.60 Å². The maximum atomic E-state index is 12.0. The summed E-state index contributed by atoms with van der Waals surface area (Å²) in [6.45, 7) is 1.98. The average Bonchev–Trinajstić information content (AvgIpc) is 2.72. The maximum Gasteiger partial charge on any atom is 0.335 e. The third kappa shape index (κ3) is 1.76. The van der Waals surface area contributed by atoms with E-state index in [1.807, 2.05) is 25.1 Å². The molecule has 1 aliphatic heterocycles. The minimum absolute atomic E-state index is 0.140. The Kier molecular flexibility index (Phi) is 2.67. The molecule has 3 rings (SSSR count). The van der Waals surface area contributed by atoms with Crippen LogP contribution in [0.4, 0.5) is 0 Å². The summed E-state index contributed by atoms with van der Waals surface area (Å²) in [5.41, 5.74) is 1.83. The molecule has 0 N–H and O–H groups in total. The van der Waals surface area contributed by atoms with Crippen molar-refractivity contribution in [1.29, 1.82) is 5.26 Å². The van der Waals surface area contributed by atoms with Crippen molar-refractivity contribution in [3.8, 4) is 6.07 Å². The first-order valence-corrected chi connectivity index (χ1v) is 6.59. The molecular formula is C16H15NO2. The number of allylic oxidation sites excluding steroid dienone is 1. The fourth-order valence-corrected chi connectivity index (χ4v) is 3.13. The van der Waals surface area contributed by atoms with Crippen LogP contribution in [0.15, 0.2) is 35.9 Å². The number of hydrogen-bond donors (Lipinski definition) is 0. The standard InChI is InChI=1S/C16H15NO2/c1-16(12-8-6-11(10-17)7-9-12)14-5-3-2-4-13(14)15(18)19-16/h4,6-9,14H,2-3,5H2,1H3/t14-,16-/m1/s1. The number of ether oxygens (including phenoxy) is 1. The molecule has 1 aromatic rings. The first-order chi connectivity index (χ1) is 9.15. The van der Waals surface area contributed by atoms with E-state index in [1.165, 1.54) is 0 Å². The molecule has 0 bridgehead atoms. The van der Waals surface area contributed by atoms with Gasteiger partial charge < -0.3 is 4.74 Å². The van der Waals surface area contributed by atoms with Crippen LogP contribution >= 0.6 is 0 Å². The van der Waals surface area contributed by atoms with Gasteiger partial charge in [-0.25, -0.2) is 4.79 Å². The van der Waals surface area contributed by atoms with Crippen LogP contribution in [-0.4, -0.2) is 5.97 Å². The monoisotopic (exact) mass is 253 g/mol. The lowest BCUT2D eigenvalue weighted by Crippen LogP contribution is -2.30. The van der Waals surface area contributed by atoms with Gasteiger partial charge in [0.05, 0.1) is 11.6 Å². The predicted octanol–water partition coefficient (Wildman–Crippen LogP) is 3.06. The number of hydrogen-bond acceptors (Lipinski definition) is 3. The Balaban J connectivity index is 2.03. The number of carbonyl (C=O) groups excluding carboxylic acids is 1. The van der Waals surface area contributed by atoms with Crippen molar-refractivity contribution in [3.05, 3.63) is 47.0 Å². The predicted molar refractivity (Wildman–Crippen MR) is 70.0 cm³/mol. The van der Waals surface area contributed by atoms with Crippen molar-refractivity contribution >= 4 is 5.97 Å². The van der Waals surface area contributed by atoms with E-state index in [4.69, 9.17) is 10.00 Å². The number of esters is 1. The van der Waals surface area contributed by atoms with E-state index in [0.717, 1.165) is 30.4 Å². The van der Waals surface area contributed by atoms with E-state index in [9.17, 15) is 4.79 Å². The molecule has 3 nitrogen and oxygen atoms in total. The molecular weight excluding hydrogens is 238 g/mol. The number of nitriles is 1. The molecule has 0 aromatic heterocycles. The lowest BCUT2D eigenvalue weighted by molar-refractivity contribution is -0.147. The fraction of sp³-hybridized carbons (Fsp3) is 0.375. The fourth-order valence-electron chi connectivity index (χ4n) is 3.13. The number of cyclic esters (lactones) is 1. The molecule has 0 radical (unpaired) electrons. The highest BCUT2D eigenvalue weighted by Crippen LogP contribution is 2.48. The topological polar surface area (TPSA) is 50.1 Å². The number of nitrogens with zero attached hydrogens (tertiary/aromatic N) is 1. The minimum Gasteiger partial charge on any atom is -0.450 e. The SMILES string of the molecule is C[C@]1(c2ccc(C#N)cc2)OC(=O)C2=CCCC[C@H]21. The van der Waals surface area contributed by atoms with E-state index < -0.39 is 5.60 Å². The van der Waals surface area contributed by atoms with E-state index in [-0.39, 0.29) is 11.9 Å². The molecule has 1 fully saturated rings. The van der Waals surface area contributed by atoms with E-state index in [1.54, 1.807) is 12.1 Å². The van der Waals surface area contributed by atoms with Crippen molar-refractivity contribution < 1.29 is 9.53 Å². The van der Waals surface area contributed by atoms with Crippen LogP contribution in [0, 0.1) is 17.2 Å². The van der Waals surface area contributed by atoms with Crippen LogP contribution in [0.1, 0.15) is 37.3 Å². The zero-order valence-electron chi connectivity index (χ0n) is 10.8. The molecule has 96 valence electrons. The summed E-state index contributed by atoms with van der Waals surface area (Å²) >= 11 is 0. The van der Waals surface area contributed by atoms with Gasteiger partial charge in [-0.2, -0.15) is 5.26 Å². The Bertz CT molecular complexity index is 594. The van der Waals surface area contributed by atoms with Crippen LogP contribution in [0.5, 0.6) is 0 Å². The minimum atomic E-state index is -0.586. The second-order valence-electron chi connectivity index (χ2n) is 5.33. The van der Waals surface area contributed by atoms with E-state index in [0.29, 0.717) is 5.56 Å². The van der Waals surface area contributed by atoms with Crippen molar-refractivity contribution in [2.45, 2.75) is 31.8 Å². The molecule has 0 saturated carbocycles. The summed E-state index contributed by atoms with van der Waals surface area (Å²) < 4.78 is 5.67. The van der Waals surface area contributed by atoms with Gasteiger partial charge in [-0.15, -0.1) is 0 Å². The molecule has 0 amide bonds. The summed E-state index contributed by atoms with van der Waals surface area (Å²) in [4.78, 5) is 12.0. The lowest BCUT2D eigenvalue weighted by atomic mass is 9.75. The summed E-state index contributed by atoms with van der Waals surface area (Å²) in [5, 5.41) is 8.84. The van der Waals surface area contributed by atoms with Gasteiger partial charge in [-0.05, 0) is 43.9 Å². The van der Waals surface area contributed by atoms with Crippen molar-refractivity contribution in [1.82, 2.24) is 0 Å². The molecule has 2 atom stereocenters. The van der Waals surface area contributed by atoms with Gasteiger partial charge >= 0.3 is 5.97 Å². The number of carbonyl (C=O) groups is 1. The Labute approximate surface area is 112 Å². The van der Waals surface area contributed by atoms with Crippen molar-refractivity contribution in [2.24, 2.45) is 5.92 Å². The molecule has 0 unspecified atom stereocenters. The smallest absolute Gasteiger partial charge is 0.335 e. The Morgan fingerprint density at radius 2 is 2.11 bits per heavy atom. The van der Waals surface area contributed by atoms with Crippen LogP contribution < -0.4 is 0 Å². The van der Waals surface area contributed by atoms with E-state index in [2.05, 4.69) is 6.07 Å². The molecule has 1 saturated heterocycles. The largest absolute Gasteiger partial charge is 0.450 e. The lowest BCUT2D eigenvalue weighted by Gasteiger charge is -2.31. The molecule has 3 heteroatoms. The summed E-state index contributed by atoms with van der Waals surface area (Å²) in [6.07, 6.45) is 5.06. The third-order valence-electron chi connectivity index (χ3n) is 4.23. The average molecular weight is 253 g/mol. The van der Waals surface area contributed by atoms with Crippen LogP contribution in [0.2, 0.25) is 0 Å². The quantitative estimate of drug-likeness (QED) is 0.723. The maximum absolute atomic E-state index is 12.0. The van der Waals surface area contributed by atoms with E-state index >= 15 is 0 Å². The normalized spacial score (nSPS) is 29.2. The Morgan fingerprint density at radius 3 is 2.79 bits per heavy atom. The zero-order valence-corrected chi connectivity index (χ0v) is 10.8.